The molecule has 0 saturated carbocycles. The minimum atomic E-state index is -0.235. The molecule has 142 valence electrons. The van der Waals surface area contributed by atoms with Crippen LogP contribution in [0.15, 0.2) is 59.0 Å². The van der Waals surface area contributed by atoms with Crippen molar-refractivity contribution in [3.05, 3.63) is 65.7 Å². The van der Waals surface area contributed by atoms with Gasteiger partial charge in [0.15, 0.2) is 0 Å². The van der Waals surface area contributed by atoms with E-state index in [1.54, 1.807) is 30.3 Å². The standard InChI is InChI=1S/C22H21N3O3/c26-21(13-4-2-1-3-5-13)25-20-11-14-6-7-15(10-19(14)28-20)22(27)24-18-12-16-8-9-17(18)23-16/h1-7,10-11,16-18,23H,8-9,12H2,(H,24,27)(H,25,26)/t16-,17+,18-/m1/s1. The molecule has 2 aliphatic heterocycles. The molecular formula is C22H21N3O3. The number of amides is 2. The maximum Gasteiger partial charge on any atom is 0.257 e. The highest BCUT2D eigenvalue weighted by molar-refractivity contribution is 6.04. The maximum atomic E-state index is 12.6. The molecule has 3 N–H and O–H groups in total. The van der Waals surface area contributed by atoms with Gasteiger partial charge in [0.2, 0.25) is 5.88 Å². The van der Waals surface area contributed by atoms with Gasteiger partial charge in [0.05, 0.1) is 0 Å². The summed E-state index contributed by atoms with van der Waals surface area (Å²) in [5, 5.41) is 10.3. The number of rotatable bonds is 4. The van der Waals surface area contributed by atoms with Crippen molar-refractivity contribution in [3.63, 3.8) is 0 Å². The van der Waals surface area contributed by atoms with Gasteiger partial charge in [0, 0.05) is 40.7 Å². The third-order valence-corrected chi connectivity index (χ3v) is 5.67. The van der Waals surface area contributed by atoms with E-state index >= 15 is 0 Å². The number of nitrogens with one attached hydrogen (secondary N) is 3. The first-order chi connectivity index (χ1) is 13.7. The molecule has 2 saturated heterocycles. The summed E-state index contributed by atoms with van der Waals surface area (Å²) in [5.74, 6) is 0.0349. The molecule has 0 aliphatic carbocycles. The highest BCUT2D eigenvalue weighted by Gasteiger charge is 2.39. The molecular weight excluding hydrogens is 354 g/mol. The lowest BCUT2D eigenvalue weighted by Gasteiger charge is -2.21. The van der Waals surface area contributed by atoms with E-state index < -0.39 is 0 Å². The summed E-state index contributed by atoms with van der Waals surface area (Å²) in [6.45, 7) is 0. The Labute approximate surface area is 162 Å². The van der Waals surface area contributed by atoms with Crippen LogP contribution in [0.2, 0.25) is 0 Å². The fourth-order valence-corrected chi connectivity index (χ4v) is 4.24. The first-order valence-corrected chi connectivity index (χ1v) is 9.62. The predicted octanol–water partition coefficient (Wildman–Crippen LogP) is 3.31. The maximum absolute atomic E-state index is 12.6. The number of carbonyl (C=O) groups excluding carboxylic acids is 2. The Morgan fingerprint density at radius 2 is 1.82 bits per heavy atom. The second-order valence-corrected chi connectivity index (χ2v) is 7.55. The monoisotopic (exact) mass is 375 g/mol. The van der Waals surface area contributed by atoms with Gasteiger partial charge in [-0.1, -0.05) is 24.3 Å². The zero-order valence-corrected chi connectivity index (χ0v) is 15.3. The Bertz CT molecular complexity index is 1040. The molecule has 2 aromatic carbocycles. The Hall–Kier alpha value is -3.12. The largest absolute Gasteiger partial charge is 0.440 e. The van der Waals surface area contributed by atoms with E-state index in [9.17, 15) is 9.59 Å². The summed E-state index contributed by atoms with van der Waals surface area (Å²) in [6.07, 6.45) is 3.32. The summed E-state index contributed by atoms with van der Waals surface area (Å²) in [6, 6.07) is 17.2. The fraction of sp³-hybridized carbons (Fsp3) is 0.273. The Morgan fingerprint density at radius 3 is 2.57 bits per heavy atom. The number of fused-ring (bicyclic) bond motifs is 3. The van der Waals surface area contributed by atoms with Crippen molar-refractivity contribution in [2.75, 3.05) is 5.32 Å². The Kier molecular flexibility index (Phi) is 4.13. The van der Waals surface area contributed by atoms with E-state index in [1.807, 2.05) is 24.3 Å². The molecule has 1 aromatic heterocycles. The summed E-state index contributed by atoms with van der Waals surface area (Å²) < 4.78 is 5.75. The van der Waals surface area contributed by atoms with Gasteiger partial charge < -0.3 is 15.1 Å². The van der Waals surface area contributed by atoms with E-state index in [-0.39, 0.29) is 17.9 Å². The molecule has 2 aliphatic rings. The lowest BCUT2D eigenvalue weighted by Crippen LogP contribution is -2.42. The second-order valence-electron chi connectivity index (χ2n) is 7.55. The van der Waals surface area contributed by atoms with Crippen molar-refractivity contribution in [3.8, 4) is 0 Å². The van der Waals surface area contributed by atoms with Gasteiger partial charge in [-0.3, -0.25) is 14.9 Å². The minimum Gasteiger partial charge on any atom is -0.440 e. The van der Waals surface area contributed by atoms with Crippen LogP contribution in [0, 0.1) is 0 Å². The summed E-state index contributed by atoms with van der Waals surface area (Å²) in [5.41, 5.74) is 1.69. The highest BCUT2D eigenvalue weighted by Crippen LogP contribution is 2.29. The van der Waals surface area contributed by atoms with Gasteiger partial charge in [0.25, 0.3) is 11.8 Å². The fourth-order valence-electron chi connectivity index (χ4n) is 4.24. The predicted molar refractivity (Wildman–Crippen MR) is 106 cm³/mol. The zero-order valence-electron chi connectivity index (χ0n) is 15.3. The van der Waals surface area contributed by atoms with Crippen molar-refractivity contribution in [2.45, 2.75) is 37.4 Å². The average molecular weight is 375 g/mol. The summed E-state index contributed by atoms with van der Waals surface area (Å²) in [7, 11) is 0. The van der Waals surface area contributed by atoms with Gasteiger partial charge in [-0.25, -0.2) is 0 Å². The molecule has 6 nitrogen and oxygen atoms in total. The molecule has 3 aromatic rings. The number of hydrogen-bond acceptors (Lipinski definition) is 4. The minimum absolute atomic E-state index is 0.0903. The second kappa shape index (κ2) is 6.80. The van der Waals surface area contributed by atoms with E-state index in [1.165, 1.54) is 6.42 Å². The smallest absolute Gasteiger partial charge is 0.257 e. The van der Waals surface area contributed by atoms with Crippen LogP contribution in [-0.2, 0) is 0 Å². The molecule has 0 radical (unpaired) electrons. The third-order valence-electron chi connectivity index (χ3n) is 5.67. The summed E-state index contributed by atoms with van der Waals surface area (Å²) >= 11 is 0. The third kappa shape index (κ3) is 3.16. The Morgan fingerprint density at radius 1 is 0.964 bits per heavy atom. The molecule has 2 bridgehead atoms. The van der Waals surface area contributed by atoms with E-state index in [0.29, 0.717) is 34.7 Å². The quantitative estimate of drug-likeness (QED) is 0.653. The molecule has 2 amide bonds. The first-order valence-electron chi connectivity index (χ1n) is 9.62. The van der Waals surface area contributed by atoms with E-state index in [0.717, 1.165) is 18.2 Å². The molecule has 5 rings (SSSR count). The van der Waals surface area contributed by atoms with Crippen molar-refractivity contribution >= 4 is 28.7 Å². The van der Waals surface area contributed by atoms with Crippen LogP contribution in [-0.4, -0.2) is 29.9 Å². The van der Waals surface area contributed by atoms with Crippen molar-refractivity contribution in [1.82, 2.24) is 10.6 Å². The Balaban J connectivity index is 1.31. The molecule has 0 unspecified atom stereocenters. The van der Waals surface area contributed by atoms with Gasteiger partial charge in [-0.05, 0) is 43.5 Å². The lowest BCUT2D eigenvalue weighted by molar-refractivity contribution is 0.0930. The van der Waals surface area contributed by atoms with E-state index in [4.69, 9.17) is 4.42 Å². The average Bonchev–Trinajstić information content (AvgIpc) is 3.43. The number of hydrogen-bond donors (Lipinski definition) is 3. The molecule has 28 heavy (non-hydrogen) atoms. The number of anilines is 1. The van der Waals surface area contributed by atoms with Crippen LogP contribution < -0.4 is 16.0 Å². The van der Waals surface area contributed by atoms with Gasteiger partial charge in [-0.2, -0.15) is 0 Å². The van der Waals surface area contributed by atoms with Crippen LogP contribution in [0.3, 0.4) is 0 Å². The van der Waals surface area contributed by atoms with Crippen molar-refractivity contribution in [2.24, 2.45) is 0 Å². The van der Waals surface area contributed by atoms with Gasteiger partial charge >= 0.3 is 0 Å². The van der Waals surface area contributed by atoms with Crippen molar-refractivity contribution in [1.29, 1.82) is 0 Å². The van der Waals surface area contributed by atoms with Crippen LogP contribution in [0.25, 0.3) is 11.0 Å². The van der Waals surface area contributed by atoms with Gasteiger partial charge in [-0.15, -0.1) is 0 Å². The molecule has 3 heterocycles. The number of benzene rings is 2. The number of carbonyl (C=O) groups is 2. The lowest BCUT2D eigenvalue weighted by atomic mass is 9.95. The normalized spacial score (nSPS) is 23.1. The first kappa shape index (κ1) is 17.0. The zero-order chi connectivity index (χ0) is 19.1. The van der Waals surface area contributed by atoms with Gasteiger partial charge in [0.1, 0.15) is 5.58 Å². The van der Waals surface area contributed by atoms with Crippen molar-refractivity contribution < 1.29 is 14.0 Å². The number of furan rings is 1. The highest BCUT2D eigenvalue weighted by atomic mass is 16.4. The van der Waals surface area contributed by atoms with Crippen LogP contribution in [0.5, 0.6) is 0 Å². The van der Waals surface area contributed by atoms with Crippen LogP contribution in [0.1, 0.15) is 40.0 Å². The van der Waals surface area contributed by atoms with Crippen LogP contribution >= 0.6 is 0 Å². The topological polar surface area (TPSA) is 83.4 Å². The SMILES string of the molecule is O=C(Nc1cc2ccc(C(=O)N[C@@H]3C[C@H]4CC[C@@H]3N4)cc2o1)c1ccccc1. The van der Waals surface area contributed by atoms with E-state index in [2.05, 4.69) is 16.0 Å². The molecule has 3 atom stereocenters. The molecule has 2 fully saturated rings. The molecule has 0 spiro atoms. The molecule has 6 heteroatoms. The van der Waals surface area contributed by atoms with Crippen LogP contribution in [0.4, 0.5) is 5.88 Å². The summed E-state index contributed by atoms with van der Waals surface area (Å²) in [4.78, 5) is 24.9.